The van der Waals surface area contributed by atoms with Crippen LogP contribution in [0.2, 0.25) is 0 Å². The first-order valence-electron chi connectivity index (χ1n) is 19.7. The van der Waals surface area contributed by atoms with Gasteiger partial charge in [0.1, 0.15) is 35.0 Å². The van der Waals surface area contributed by atoms with E-state index in [1.807, 2.05) is 53.7 Å². The van der Waals surface area contributed by atoms with Crippen molar-refractivity contribution in [2.75, 3.05) is 7.11 Å². The Morgan fingerprint density at radius 3 is 1.84 bits per heavy atom. The molecule has 0 spiro atoms. The van der Waals surface area contributed by atoms with Crippen LogP contribution in [0.25, 0.3) is 0 Å². The molecule has 1 fully saturated rings. The van der Waals surface area contributed by atoms with E-state index in [0.717, 1.165) is 20.9 Å². The molecule has 2 aliphatic heterocycles. The molecule has 3 aromatic rings. The second-order valence-electron chi connectivity index (χ2n) is 18.0. The summed E-state index contributed by atoms with van der Waals surface area (Å²) in [5.74, 6) is -4.52. The molecular weight excluding hydrogens is 739 g/mol. The van der Waals surface area contributed by atoms with Crippen LogP contribution in [0, 0.1) is 5.92 Å². The number of benzene rings is 3. The molecule has 12 nitrogen and oxygen atoms in total. The highest BCUT2D eigenvalue weighted by Crippen LogP contribution is 2.43. The highest BCUT2D eigenvalue weighted by atomic mass is 16.6. The fraction of sp³-hybridized carbons (Fsp3) is 0.457. The number of fused-ring (bicyclic) bond motifs is 1. The molecule has 1 saturated heterocycles. The van der Waals surface area contributed by atoms with E-state index in [1.165, 1.54) is 12.1 Å². The van der Waals surface area contributed by atoms with Crippen molar-refractivity contribution in [1.82, 2.24) is 9.80 Å². The molecule has 2 aliphatic rings. The van der Waals surface area contributed by atoms with Crippen LogP contribution in [-0.2, 0) is 30.0 Å². The van der Waals surface area contributed by atoms with E-state index in [-0.39, 0.29) is 35.4 Å². The van der Waals surface area contributed by atoms with E-state index < -0.39 is 76.4 Å². The molecule has 12 heteroatoms. The zero-order valence-electron chi connectivity index (χ0n) is 35.4. The number of carbonyl (C=O) groups is 6. The largest absolute Gasteiger partial charge is 0.497 e. The summed E-state index contributed by atoms with van der Waals surface area (Å²) in [7, 11) is 1.57. The minimum atomic E-state index is -1.62. The predicted octanol–water partition coefficient (Wildman–Crippen LogP) is 7.85. The van der Waals surface area contributed by atoms with Crippen molar-refractivity contribution < 1.29 is 43.0 Å². The summed E-state index contributed by atoms with van der Waals surface area (Å²) in [6, 6.07) is 15.3. The molecule has 0 N–H and O–H groups in total. The van der Waals surface area contributed by atoms with Gasteiger partial charge >= 0.3 is 11.9 Å². The second-order valence-corrected chi connectivity index (χ2v) is 18.0. The number of ether oxygens (including phenoxy) is 3. The second kappa shape index (κ2) is 16.7. The fourth-order valence-corrected chi connectivity index (χ4v) is 7.31. The molecule has 0 radical (unpaired) electrons. The Labute approximate surface area is 340 Å². The van der Waals surface area contributed by atoms with Gasteiger partial charge in [-0.1, -0.05) is 78.8 Å². The predicted molar refractivity (Wildman–Crippen MR) is 219 cm³/mol. The molecule has 58 heavy (non-hydrogen) atoms. The van der Waals surface area contributed by atoms with Crippen LogP contribution in [0.4, 0.5) is 0 Å². The van der Waals surface area contributed by atoms with Crippen LogP contribution in [0.3, 0.4) is 0 Å². The van der Waals surface area contributed by atoms with Crippen LogP contribution < -0.4 is 9.47 Å². The van der Waals surface area contributed by atoms with Crippen molar-refractivity contribution in [2.24, 2.45) is 10.9 Å². The Hall–Kier alpha value is -5.65. The number of aliphatic imine (C=N–C) groups is 1. The molecule has 2 heterocycles. The number of likely N-dealkylation sites (tertiary alicyclic amines) is 1. The monoisotopic (exact) mass is 793 g/mol. The summed E-state index contributed by atoms with van der Waals surface area (Å²) in [5, 5.41) is 0. The van der Waals surface area contributed by atoms with Crippen molar-refractivity contribution in [3.8, 4) is 11.5 Å². The molecule has 0 aromatic heterocycles. The molecule has 0 aliphatic carbocycles. The standard InChI is InChI=1S/C46H55N3O9/c1-27(24-36(50)57-38-32(44(2,3)4)25-29(56-11)26-33(38)45(5,6)7)37(49-40(52)30-20-15-16-21-31(30)41(49)53)42(54)48-34(43(55)58-46(8,9)10)22-17-23-35(48)47-39(51)28-18-13-12-14-19-28/h12-16,18-21,25-27,34,37H,17,22-24H2,1-11H3/t27-,34+,37-/m1/s1. The summed E-state index contributed by atoms with van der Waals surface area (Å²) in [4.78, 5) is 91.7. The van der Waals surface area contributed by atoms with Crippen LogP contribution in [-0.4, -0.2) is 76.0 Å². The van der Waals surface area contributed by atoms with Gasteiger partial charge in [-0.05, 0) is 86.8 Å². The normalized spacial score (nSPS) is 17.8. The van der Waals surface area contributed by atoms with Gasteiger partial charge in [0.25, 0.3) is 23.6 Å². The number of imide groups is 1. The first kappa shape index (κ1) is 43.5. The number of amides is 4. The number of nitrogens with zero attached hydrogens (tertiary/aromatic N) is 3. The van der Waals surface area contributed by atoms with E-state index >= 15 is 4.79 Å². The number of rotatable bonds is 9. The maximum atomic E-state index is 15.4. The number of esters is 2. The molecule has 0 bridgehead atoms. The lowest BCUT2D eigenvalue weighted by molar-refractivity contribution is -0.164. The van der Waals surface area contributed by atoms with Crippen LogP contribution in [0.15, 0.2) is 71.7 Å². The Bertz CT molecular complexity index is 2070. The van der Waals surface area contributed by atoms with E-state index in [2.05, 4.69) is 4.99 Å². The molecular formula is C46H55N3O9. The van der Waals surface area contributed by atoms with Gasteiger partial charge in [0.05, 0.1) is 24.7 Å². The average molecular weight is 794 g/mol. The van der Waals surface area contributed by atoms with Gasteiger partial charge in [0, 0.05) is 23.1 Å². The zero-order valence-corrected chi connectivity index (χ0v) is 35.4. The lowest BCUT2D eigenvalue weighted by atomic mass is 9.79. The van der Waals surface area contributed by atoms with Crippen LogP contribution >= 0.6 is 0 Å². The number of hydrogen-bond acceptors (Lipinski definition) is 9. The first-order chi connectivity index (χ1) is 27.0. The van der Waals surface area contributed by atoms with Crippen LogP contribution in [0.1, 0.15) is 137 Å². The van der Waals surface area contributed by atoms with Gasteiger partial charge in [0.15, 0.2) is 0 Å². The Morgan fingerprint density at radius 1 is 0.810 bits per heavy atom. The van der Waals surface area contributed by atoms with Gasteiger partial charge in [-0.15, -0.1) is 0 Å². The highest BCUT2D eigenvalue weighted by Gasteiger charge is 2.50. The number of piperidine rings is 1. The molecule has 4 amide bonds. The minimum Gasteiger partial charge on any atom is -0.497 e. The lowest BCUT2D eigenvalue weighted by Crippen LogP contribution is -2.61. The smallest absolute Gasteiger partial charge is 0.329 e. The van der Waals surface area contributed by atoms with Gasteiger partial charge in [-0.2, -0.15) is 4.99 Å². The van der Waals surface area contributed by atoms with Gasteiger partial charge < -0.3 is 14.2 Å². The minimum absolute atomic E-state index is 0.0137. The van der Waals surface area contributed by atoms with Crippen molar-refractivity contribution in [1.29, 1.82) is 0 Å². The van der Waals surface area contributed by atoms with Crippen molar-refractivity contribution >= 4 is 41.4 Å². The van der Waals surface area contributed by atoms with E-state index in [0.29, 0.717) is 17.9 Å². The van der Waals surface area contributed by atoms with Crippen molar-refractivity contribution in [3.05, 3.63) is 94.5 Å². The quantitative estimate of drug-likeness (QED) is 0.120. The fourth-order valence-electron chi connectivity index (χ4n) is 7.31. The van der Waals surface area contributed by atoms with E-state index in [4.69, 9.17) is 14.2 Å². The molecule has 0 saturated carbocycles. The Kier molecular flexibility index (Phi) is 12.5. The van der Waals surface area contributed by atoms with Gasteiger partial charge in [0.2, 0.25) is 0 Å². The van der Waals surface area contributed by atoms with Crippen molar-refractivity contribution in [2.45, 2.75) is 123 Å². The molecule has 5 rings (SSSR count). The number of amidine groups is 1. The SMILES string of the molecule is COc1cc(C(C)(C)C)c(OC(=O)C[C@@H](C)[C@H](C(=O)N2C(=NC(=O)c3ccccc3)CCC[C@H]2C(=O)OC(C)(C)C)N2C(=O)c3ccccc3C2=O)c(C(C)(C)C)c1. The third-order valence-corrected chi connectivity index (χ3v) is 10.1. The van der Waals surface area contributed by atoms with Crippen molar-refractivity contribution in [3.63, 3.8) is 0 Å². The third kappa shape index (κ3) is 9.38. The average Bonchev–Trinajstić information content (AvgIpc) is 3.38. The van der Waals surface area contributed by atoms with E-state index in [1.54, 1.807) is 77.3 Å². The number of hydrogen-bond donors (Lipinski definition) is 0. The lowest BCUT2D eigenvalue weighted by Gasteiger charge is -2.40. The van der Waals surface area contributed by atoms with Gasteiger partial charge in [-0.25, -0.2) is 4.79 Å². The maximum absolute atomic E-state index is 15.4. The molecule has 0 unspecified atom stereocenters. The number of methoxy groups -OCH3 is 1. The highest BCUT2D eigenvalue weighted by molar-refractivity contribution is 6.23. The molecule has 3 aromatic carbocycles. The zero-order chi connectivity index (χ0) is 42.9. The summed E-state index contributed by atoms with van der Waals surface area (Å²) in [6.07, 6.45) is 0.274. The first-order valence-corrected chi connectivity index (χ1v) is 19.7. The summed E-state index contributed by atoms with van der Waals surface area (Å²) >= 11 is 0. The summed E-state index contributed by atoms with van der Waals surface area (Å²) < 4.78 is 17.6. The summed E-state index contributed by atoms with van der Waals surface area (Å²) in [6.45, 7) is 18.6. The van der Waals surface area contributed by atoms with Crippen LogP contribution in [0.5, 0.6) is 11.5 Å². The van der Waals surface area contributed by atoms with Gasteiger partial charge in [-0.3, -0.25) is 33.8 Å². The number of carbonyl (C=O) groups excluding carboxylic acids is 6. The maximum Gasteiger partial charge on any atom is 0.329 e. The topological polar surface area (TPSA) is 149 Å². The van der Waals surface area contributed by atoms with E-state index in [9.17, 15) is 24.0 Å². The molecule has 3 atom stereocenters. The molecule has 308 valence electrons. The Morgan fingerprint density at radius 2 is 1.34 bits per heavy atom. The Balaban J connectivity index is 1.62. The third-order valence-electron chi connectivity index (χ3n) is 10.1. The summed E-state index contributed by atoms with van der Waals surface area (Å²) in [5.41, 5.74) is 0.0120.